The number of hydrogen-bond acceptors (Lipinski definition) is 4. The van der Waals surface area contributed by atoms with Crippen molar-refractivity contribution >= 4 is 22.5 Å². The van der Waals surface area contributed by atoms with Crippen molar-refractivity contribution in [2.45, 2.75) is 46.5 Å². The van der Waals surface area contributed by atoms with Gasteiger partial charge in [0.15, 0.2) is 5.82 Å². The first-order chi connectivity index (χ1) is 11.5. The van der Waals surface area contributed by atoms with Crippen molar-refractivity contribution in [2.75, 3.05) is 0 Å². The summed E-state index contributed by atoms with van der Waals surface area (Å²) in [6.07, 6.45) is 2.22. The molecule has 0 atom stereocenters. The Hall–Kier alpha value is -2.01. The van der Waals surface area contributed by atoms with Crippen LogP contribution in [0.25, 0.3) is 22.4 Å². The van der Waals surface area contributed by atoms with Crippen LogP contribution < -0.4 is 0 Å². The first kappa shape index (κ1) is 16.8. The largest absolute Gasteiger partial charge is 0.334 e. The van der Waals surface area contributed by atoms with Crippen LogP contribution in [0.3, 0.4) is 0 Å². The van der Waals surface area contributed by atoms with Gasteiger partial charge in [-0.05, 0) is 55.9 Å². The molecule has 126 valence electrons. The van der Waals surface area contributed by atoms with Crippen LogP contribution in [0.15, 0.2) is 16.7 Å². The lowest BCUT2D eigenvalue weighted by Gasteiger charge is -2.10. The Morgan fingerprint density at radius 2 is 1.88 bits per heavy atom. The molecule has 4 rings (SSSR count). The van der Waals surface area contributed by atoms with E-state index in [-0.39, 0.29) is 16.5 Å². The summed E-state index contributed by atoms with van der Waals surface area (Å²) in [6, 6.07) is 3.57. The van der Waals surface area contributed by atoms with E-state index in [1.807, 2.05) is 26.8 Å². The molecule has 1 saturated carbocycles. The number of aromatic nitrogens is 3. The summed E-state index contributed by atoms with van der Waals surface area (Å²) in [4.78, 5) is 8.41. The Kier molecular flexibility index (Phi) is 4.54. The second kappa shape index (κ2) is 6.48. The maximum absolute atomic E-state index is 14.4. The van der Waals surface area contributed by atoms with E-state index in [2.05, 4.69) is 15.1 Å². The molecule has 1 aliphatic carbocycles. The van der Waals surface area contributed by atoms with Crippen molar-refractivity contribution in [1.29, 1.82) is 0 Å². The van der Waals surface area contributed by atoms with Gasteiger partial charge < -0.3 is 4.52 Å². The fraction of sp³-hybridized carbons (Fsp3) is 0.389. The molecular formula is C18H19ClFN3O. The van der Waals surface area contributed by atoms with Gasteiger partial charge in [0.1, 0.15) is 16.5 Å². The third-order valence-electron chi connectivity index (χ3n) is 4.07. The van der Waals surface area contributed by atoms with Gasteiger partial charge in [-0.15, -0.1) is 0 Å². The Balaban J connectivity index is 0.000000815. The van der Waals surface area contributed by atoms with Gasteiger partial charge in [-0.2, -0.15) is 4.98 Å². The fourth-order valence-corrected chi connectivity index (χ4v) is 3.07. The van der Waals surface area contributed by atoms with E-state index in [1.165, 1.54) is 0 Å². The number of halogens is 2. The average molecular weight is 348 g/mol. The van der Waals surface area contributed by atoms with Crippen LogP contribution in [0, 0.1) is 19.7 Å². The van der Waals surface area contributed by atoms with Gasteiger partial charge in [-0.3, -0.25) is 0 Å². The lowest BCUT2D eigenvalue weighted by atomic mass is 10.0. The molecule has 2 aromatic heterocycles. The van der Waals surface area contributed by atoms with Crippen LogP contribution in [0.5, 0.6) is 0 Å². The van der Waals surface area contributed by atoms with Gasteiger partial charge in [-0.1, -0.05) is 30.6 Å². The van der Waals surface area contributed by atoms with Crippen molar-refractivity contribution in [3.8, 4) is 11.5 Å². The van der Waals surface area contributed by atoms with Crippen LogP contribution in [0.1, 0.15) is 49.6 Å². The number of fused-ring (bicyclic) bond motifs is 1. The quantitative estimate of drug-likeness (QED) is 0.566. The number of rotatable bonds is 2. The number of pyridine rings is 1. The molecule has 1 aliphatic rings. The SMILES string of the molecule is CC.Cc1noc(-c2c(Cl)nc3c(F)cc(C4CC4)cc3c2C)n1. The van der Waals surface area contributed by atoms with Crippen molar-refractivity contribution < 1.29 is 8.91 Å². The summed E-state index contributed by atoms with van der Waals surface area (Å²) < 4.78 is 19.6. The summed E-state index contributed by atoms with van der Waals surface area (Å²) in [5, 5.41) is 4.70. The standard InChI is InChI=1S/C16H13ClFN3O.C2H6/c1-7-11-5-10(9-3-4-9)6-12(18)14(11)20-15(17)13(7)16-19-8(2)21-22-16;1-2/h5-6,9H,3-4H2,1-2H3;1-2H3. The topological polar surface area (TPSA) is 51.8 Å². The molecule has 0 spiro atoms. The maximum Gasteiger partial charge on any atom is 0.261 e. The molecule has 2 heterocycles. The molecule has 0 aliphatic heterocycles. The van der Waals surface area contributed by atoms with Gasteiger partial charge >= 0.3 is 0 Å². The molecule has 1 fully saturated rings. The van der Waals surface area contributed by atoms with E-state index in [4.69, 9.17) is 16.1 Å². The van der Waals surface area contributed by atoms with Crippen LogP contribution in [0.2, 0.25) is 5.15 Å². The zero-order valence-corrected chi connectivity index (χ0v) is 14.9. The van der Waals surface area contributed by atoms with Crippen LogP contribution in [-0.4, -0.2) is 15.1 Å². The predicted octanol–water partition coefficient (Wildman–Crippen LogP) is 5.60. The summed E-state index contributed by atoms with van der Waals surface area (Å²) in [5.41, 5.74) is 2.68. The smallest absolute Gasteiger partial charge is 0.261 e. The molecule has 1 aromatic carbocycles. The van der Waals surface area contributed by atoms with Crippen molar-refractivity contribution in [3.63, 3.8) is 0 Å². The first-order valence-electron chi connectivity index (χ1n) is 8.14. The second-order valence-corrected chi connectivity index (χ2v) is 6.08. The normalized spacial score (nSPS) is 13.8. The molecular weight excluding hydrogens is 329 g/mol. The van der Waals surface area contributed by atoms with Crippen molar-refractivity contribution in [1.82, 2.24) is 15.1 Å². The Bertz CT molecular complexity index is 903. The first-order valence-corrected chi connectivity index (χ1v) is 8.52. The van der Waals surface area contributed by atoms with E-state index in [0.29, 0.717) is 23.2 Å². The third-order valence-corrected chi connectivity index (χ3v) is 4.34. The Morgan fingerprint density at radius 1 is 1.17 bits per heavy atom. The molecule has 4 nitrogen and oxygen atoms in total. The van der Waals surface area contributed by atoms with E-state index in [9.17, 15) is 4.39 Å². The number of hydrogen-bond donors (Lipinski definition) is 0. The van der Waals surface area contributed by atoms with E-state index in [1.54, 1.807) is 13.0 Å². The molecule has 0 radical (unpaired) electrons. The van der Waals surface area contributed by atoms with Crippen LogP contribution in [0.4, 0.5) is 4.39 Å². The minimum Gasteiger partial charge on any atom is -0.334 e. The summed E-state index contributed by atoms with van der Waals surface area (Å²) >= 11 is 6.23. The van der Waals surface area contributed by atoms with Gasteiger partial charge in [0.05, 0.1) is 5.56 Å². The van der Waals surface area contributed by atoms with Crippen molar-refractivity contribution in [2.24, 2.45) is 0 Å². The lowest BCUT2D eigenvalue weighted by Crippen LogP contribution is -1.96. The minimum absolute atomic E-state index is 0.173. The van der Waals surface area contributed by atoms with Gasteiger partial charge in [0.2, 0.25) is 0 Å². The molecule has 0 saturated heterocycles. The molecule has 0 bridgehead atoms. The van der Waals surface area contributed by atoms with E-state index >= 15 is 0 Å². The highest BCUT2D eigenvalue weighted by molar-refractivity contribution is 6.32. The average Bonchev–Trinajstić information content (AvgIpc) is 3.33. The summed E-state index contributed by atoms with van der Waals surface area (Å²) in [6.45, 7) is 7.61. The molecule has 0 N–H and O–H groups in total. The van der Waals surface area contributed by atoms with Gasteiger partial charge in [0.25, 0.3) is 5.89 Å². The lowest BCUT2D eigenvalue weighted by molar-refractivity contribution is 0.425. The zero-order valence-electron chi connectivity index (χ0n) is 14.2. The number of aryl methyl sites for hydroxylation is 2. The second-order valence-electron chi connectivity index (χ2n) is 5.72. The summed E-state index contributed by atoms with van der Waals surface area (Å²) in [7, 11) is 0. The Morgan fingerprint density at radius 3 is 2.46 bits per heavy atom. The predicted molar refractivity (Wildman–Crippen MR) is 92.8 cm³/mol. The summed E-state index contributed by atoms with van der Waals surface area (Å²) in [5.74, 6) is 0.954. The zero-order chi connectivity index (χ0) is 17.4. The number of nitrogens with zero attached hydrogens (tertiary/aromatic N) is 3. The molecule has 3 aromatic rings. The molecule has 0 amide bonds. The highest BCUT2D eigenvalue weighted by Gasteiger charge is 2.26. The highest BCUT2D eigenvalue weighted by atomic mass is 35.5. The fourth-order valence-electron chi connectivity index (χ4n) is 2.76. The van der Waals surface area contributed by atoms with Gasteiger partial charge in [-0.25, -0.2) is 9.37 Å². The van der Waals surface area contributed by atoms with Gasteiger partial charge in [0, 0.05) is 5.39 Å². The minimum atomic E-state index is -0.336. The molecule has 6 heteroatoms. The maximum atomic E-state index is 14.4. The van der Waals surface area contributed by atoms with E-state index < -0.39 is 0 Å². The van der Waals surface area contributed by atoms with E-state index in [0.717, 1.165) is 29.4 Å². The highest BCUT2D eigenvalue weighted by Crippen LogP contribution is 2.43. The molecule has 24 heavy (non-hydrogen) atoms. The Labute approximate surface area is 145 Å². The van der Waals surface area contributed by atoms with Crippen molar-refractivity contribution in [3.05, 3.63) is 40.1 Å². The monoisotopic (exact) mass is 347 g/mol. The van der Waals surface area contributed by atoms with Crippen LogP contribution in [-0.2, 0) is 0 Å². The van der Waals surface area contributed by atoms with Crippen LogP contribution >= 0.6 is 11.6 Å². The third kappa shape index (κ3) is 2.88. The number of benzene rings is 1. The molecule has 0 unspecified atom stereocenters.